The highest BCUT2D eigenvalue weighted by atomic mass is 16.1. The van der Waals surface area contributed by atoms with Gasteiger partial charge in [-0.15, -0.1) is 0 Å². The smallest absolute Gasteiger partial charge is 0.223 e. The van der Waals surface area contributed by atoms with Gasteiger partial charge in [-0.2, -0.15) is 5.10 Å². The van der Waals surface area contributed by atoms with Crippen LogP contribution in [0.5, 0.6) is 0 Å². The number of H-pyrrole nitrogens is 1. The number of carbonyl (C=O) groups excluding carboxylic acids is 1. The van der Waals surface area contributed by atoms with Crippen LogP contribution in [0.4, 0.5) is 0 Å². The molecule has 1 fully saturated rings. The van der Waals surface area contributed by atoms with Crippen molar-refractivity contribution in [2.75, 3.05) is 0 Å². The molecule has 1 aliphatic rings. The van der Waals surface area contributed by atoms with Crippen molar-refractivity contribution in [1.82, 2.24) is 20.5 Å². The first-order valence-electron chi connectivity index (χ1n) is 6.93. The Balaban J connectivity index is 1.86. The van der Waals surface area contributed by atoms with Crippen LogP contribution in [0.25, 0.3) is 0 Å². The van der Waals surface area contributed by atoms with Crippen molar-refractivity contribution in [2.24, 2.45) is 5.92 Å². The molecule has 1 unspecified atom stereocenters. The van der Waals surface area contributed by atoms with Gasteiger partial charge in [-0.3, -0.25) is 9.89 Å². The van der Waals surface area contributed by atoms with E-state index >= 15 is 0 Å². The third-order valence-electron chi connectivity index (χ3n) is 3.68. The molecule has 1 aromatic heterocycles. The van der Waals surface area contributed by atoms with E-state index < -0.39 is 0 Å². The fourth-order valence-corrected chi connectivity index (χ4v) is 2.54. The van der Waals surface area contributed by atoms with Crippen molar-refractivity contribution in [1.29, 1.82) is 0 Å². The highest BCUT2D eigenvalue weighted by Gasteiger charge is 2.21. The second-order valence-electron chi connectivity index (χ2n) is 5.14. The van der Waals surface area contributed by atoms with E-state index in [4.69, 9.17) is 0 Å². The number of aromatic nitrogens is 3. The van der Waals surface area contributed by atoms with Crippen LogP contribution < -0.4 is 5.32 Å². The van der Waals surface area contributed by atoms with Crippen LogP contribution in [0.15, 0.2) is 6.33 Å². The number of amides is 1. The summed E-state index contributed by atoms with van der Waals surface area (Å²) >= 11 is 0. The van der Waals surface area contributed by atoms with Gasteiger partial charge in [0.2, 0.25) is 5.91 Å². The Morgan fingerprint density at radius 3 is 2.61 bits per heavy atom. The van der Waals surface area contributed by atoms with E-state index in [1.54, 1.807) is 0 Å². The standard InChI is InChI=1S/C13H22N4O/c1-10(12-14-9-15-17-12)16-13(18)11-7-5-3-2-4-6-8-11/h9-11H,2-8H2,1H3,(H,16,18)(H,14,15,17). The lowest BCUT2D eigenvalue weighted by atomic mass is 9.90. The van der Waals surface area contributed by atoms with Crippen LogP contribution in [0.2, 0.25) is 0 Å². The molecule has 1 saturated carbocycles. The van der Waals surface area contributed by atoms with E-state index in [-0.39, 0.29) is 17.9 Å². The molecule has 2 N–H and O–H groups in total. The Morgan fingerprint density at radius 1 is 1.33 bits per heavy atom. The molecular weight excluding hydrogens is 228 g/mol. The van der Waals surface area contributed by atoms with E-state index in [1.165, 1.54) is 38.4 Å². The molecule has 0 spiro atoms. The zero-order chi connectivity index (χ0) is 12.8. The maximum atomic E-state index is 12.2. The SMILES string of the molecule is CC(NC(=O)C1CCCCCCC1)c1ncn[nH]1. The third kappa shape index (κ3) is 3.55. The number of nitrogens with one attached hydrogen (secondary N) is 2. The monoisotopic (exact) mass is 250 g/mol. The van der Waals surface area contributed by atoms with Crippen molar-refractivity contribution in [2.45, 2.75) is 57.9 Å². The first-order chi connectivity index (χ1) is 8.77. The molecule has 1 heterocycles. The fraction of sp³-hybridized carbons (Fsp3) is 0.769. The van der Waals surface area contributed by atoms with Gasteiger partial charge in [0.25, 0.3) is 0 Å². The topological polar surface area (TPSA) is 70.7 Å². The number of aromatic amines is 1. The first kappa shape index (κ1) is 13.1. The summed E-state index contributed by atoms with van der Waals surface area (Å²) in [6, 6.07) is -0.0922. The number of hydrogen-bond acceptors (Lipinski definition) is 3. The summed E-state index contributed by atoms with van der Waals surface area (Å²) in [5.41, 5.74) is 0. The van der Waals surface area contributed by atoms with Crippen molar-refractivity contribution in [3.8, 4) is 0 Å². The molecule has 1 atom stereocenters. The molecule has 1 aromatic rings. The minimum atomic E-state index is -0.0922. The summed E-state index contributed by atoms with van der Waals surface area (Å²) in [4.78, 5) is 16.3. The largest absolute Gasteiger partial charge is 0.346 e. The number of rotatable bonds is 3. The summed E-state index contributed by atoms with van der Waals surface area (Å²) in [5, 5.41) is 9.62. The maximum Gasteiger partial charge on any atom is 0.223 e. The molecule has 100 valence electrons. The van der Waals surface area contributed by atoms with E-state index in [9.17, 15) is 4.79 Å². The number of hydrogen-bond donors (Lipinski definition) is 2. The molecule has 18 heavy (non-hydrogen) atoms. The quantitative estimate of drug-likeness (QED) is 0.865. The van der Waals surface area contributed by atoms with Crippen LogP contribution >= 0.6 is 0 Å². The van der Waals surface area contributed by atoms with Gasteiger partial charge in [0.05, 0.1) is 6.04 Å². The average Bonchev–Trinajstić information content (AvgIpc) is 2.81. The predicted molar refractivity (Wildman–Crippen MR) is 68.7 cm³/mol. The van der Waals surface area contributed by atoms with Gasteiger partial charge in [0.15, 0.2) is 0 Å². The number of carbonyl (C=O) groups is 1. The zero-order valence-corrected chi connectivity index (χ0v) is 11.0. The van der Waals surface area contributed by atoms with E-state index in [2.05, 4.69) is 20.5 Å². The van der Waals surface area contributed by atoms with Gasteiger partial charge in [0, 0.05) is 5.92 Å². The van der Waals surface area contributed by atoms with E-state index in [1.807, 2.05) is 6.92 Å². The Hall–Kier alpha value is -1.39. The molecule has 0 aromatic carbocycles. The van der Waals surface area contributed by atoms with E-state index in [0.29, 0.717) is 5.82 Å². The van der Waals surface area contributed by atoms with Gasteiger partial charge < -0.3 is 5.32 Å². The molecule has 0 saturated heterocycles. The minimum Gasteiger partial charge on any atom is -0.346 e. The Kier molecular flexibility index (Phi) is 4.73. The number of nitrogens with zero attached hydrogens (tertiary/aromatic N) is 2. The second-order valence-corrected chi connectivity index (χ2v) is 5.14. The summed E-state index contributed by atoms with van der Waals surface area (Å²) in [6.45, 7) is 1.93. The van der Waals surface area contributed by atoms with Crippen molar-refractivity contribution in [3.63, 3.8) is 0 Å². The second kappa shape index (κ2) is 6.52. The minimum absolute atomic E-state index is 0.0922. The van der Waals surface area contributed by atoms with Gasteiger partial charge in [-0.1, -0.05) is 32.1 Å². The van der Waals surface area contributed by atoms with Crippen LogP contribution in [0, 0.1) is 5.92 Å². The lowest BCUT2D eigenvalue weighted by molar-refractivity contribution is -0.126. The van der Waals surface area contributed by atoms with Gasteiger partial charge in [-0.25, -0.2) is 4.98 Å². The zero-order valence-electron chi connectivity index (χ0n) is 11.0. The highest BCUT2D eigenvalue weighted by molar-refractivity contribution is 5.78. The lowest BCUT2D eigenvalue weighted by Crippen LogP contribution is -2.33. The Bertz CT molecular complexity index is 355. The molecule has 0 bridgehead atoms. The molecule has 0 aliphatic heterocycles. The van der Waals surface area contributed by atoms with Gasteiger partial charge >= 0.3 is 0 Å². The Morgan fingerprint density at radius 2 is 2.00 bits per heavy atom. The van der Waals surface area contributed by atoms with Crippen LogP contribution in [0.3, 0.4) is 0 Å². The molecule has 5 heteroatoms. The Labute approximate surface area is 108 Å². The molecule has 1 amide bonds. The maximum absolute atomic E-state index is 12.2. The molecular formula is C13H22N4O. The summed E-state index contributed by atoms with van der Waals surface area (Å²) in [5.74, 6) is 1.06. The van der Waals surface area contributed by atoms with Crippen LogP contribution in [-0.4, -0.2) is 21.1 Å². The van der Waals surface area contributed by atoms with Crippen molar-refractivity contribution in [3.05, 3.63) is 12.2 Å². The molecule has 0 radical (unpaired) electrons. The average molecular weight is 250 g/mol. The lowest BCUT2D eigenvalue weighted by Gasteiger charge is -2.21. The van der Waals surface area contributed by atoms with Crippen molar-refractivity contribution < 1.29 is 4.79 Å². The molecule has 5 nitrogen and oxygen atoms in total. The van der Waals surface area contributed by atoms with Gasteiger partial charge in [0.1, 0.15) is 12.2 Å². The first-order valence-corrected chi connectivity index (χ1v) is 6.93. The molecule has 2 rings (SSSR count). The predicted octanol–water partition coefficient (Wildman–Crippen LogP) is 2.34. The summed E-state index contributed by atoms with van der Waals surface area (Å²) in [7, 11) is 0. The van der Waals surface area contributed by atoms with Crippen LogP contribution in [0.1, 0.15) is 63.7 Å². The van der Waals surface area contributed by atoms with Crippen LogP contribution in [-0.2, 0) is 4.79 Å². The third-order valence-corrected chi connectivity index (χ3v) is 3.68. The summed E-state index contributed by atoms with van der Waals surface area (Å²) < 4.78 is 0. The molecule has 1 aliphatic carbocycles. The normalized spacial score (nSPS) is 19.8. The van der Waals surface area contributed by atoms with E-state index in [0.717, 1.165) is 12.8 Å². The van der Waals surface area contributed by atoms with Crippen molar-refractivity contribution >= 4 is 5.91 Å². The summed E-state index contributed by atoms with van der Waals surface area (Å²) in [6.07, 6.45) is 9.72. The highest BCUT2D eigenvalue weighted by Crippen LogP contribution is 2.23. The van der Waals surface area contributed by atoms with Gasteiger partial charge in [-0.05, 0) is 19.8 Å². The fourth-order valence-electron chi connectivity index (χ4n) is 2.54.